The zero-order chi connectivity index (χ0) is 13.0. The van der Waals surface area contributed by atoms with E-state index in [0.29, 0.717) is 5.75 Å². The van der Waals surface area contributed by atoms with Gasteiger partial charge in [0.1, 0.15) is 17.7 Å². The highest BCUT2D eigenvalue weighted by molar-refractivity contribution is 5.36. The Hall–Kier alpha value is -1.13. The molecule has 0 fully saturated rings. The number of rotatable bonds is 5. The molecule has 0 aromatic heterocycles. The third-order valence-electron chi connectivity index (χ3n) is 2.86. The maximum Gasteiger partial charge on any atom is 0.124 e. The van der Waals surface area contributed by atoms with Crippen molar-refractivity contribution >= 4 is 0 Å². The molecule has 1 aromatic carbocycles. The van der Waals surface area contributed by atoms with Gasteiger partial charge in [0.25, 0.3) is 0 Å². The number of halogens is 1. The zero-order valence-electron chi connectivity index (χ0n) is 10.7. The van der Waals surface area contributed by atoms with Crippen LogP contribution in [0.2, 0.25) is 0 Å². The van der Waals surface area contributed by atoms with Gasteiger partial charge in [-0.1, -0.05) is 0 Å². The first-order chi connectivity index (χ1) is 7.95. The summed E-state index contributed by atoms with van der Waals surface area (Å²) in [6.45, 7) is 5.37. The van der Waals surface area contributed by atoms with Gasteiger partial charge >= 0.3 is 0 Å². The second-order valence-corrected chi connectivity index (χ2v) is 4.26. The molecule has 17 heavy (non-hydrogen) atoms. The van der Waals surface area contributed by atoms with Crippen LogP contribution in [0.3, 0.4) is 0 Å². The minimum Gasteiger partial charge on any atom is -0.488 e. The van der Waals surface area contributed by atoms with Crippen LogP contribution in [0, 0.1) is 5.82 Å². The maximum absolute atomic E-state index is 13.2. The number of aliphatic hydroxyl groups excluding tert-OH is 1. The van der Waals surface area contributed by atoms with Gasteiger partial charge in [-0.3, -0.25) is 0 Å². The van der Waals surface area contributed by atoms with Crippen LogP contribution in [0.25, 0.3) is 0 Å². The summed E-state index contributed by atoms with van der Waals surface area (Å²) in [6.07, 6.45) is -0.902. The first-order valence-corrected chi connectivity index (χ1v) is 5.77. The van der Waals surface area contributed by atoms with Crippen molar-refractivity contribution in [2.45, 2.75) is 39.0 Å². The highest BCUT2D eigenvalue weighted by Gasteiger charge is 2.16. The number of nitrogens with one attached hydrogen (secondary N) is 1. The van der Waals surface area contributed by atoms with Gasteiger partial charge in [0.05, 0.1) is 6.10 Å². The highest BCUT2D eigenvalue weighted by Crippen LogP contribution is 2.27. The minimum absolute atomic E-state index is 0.0121. The lowest BCUT2D eigenvalue weighted by atomic mass is 10.1. The fraction of sp³-hybridized carbons (Fsp3) is 0.538. The zero-order valence-corrected chi connectivity index (χ0v) is 10.7. The molecule has 3 atom stereocenters. The van der Waals surface area contributed by atoms with Crippen molar-refractivity contribution in [1.29, 1.82) is 0 Å². The molecule has 0 aliphatic carbocycles. The Morgan fingerprint density at radius 2 is 1.94 bits per heavy atom. The Morgan fingerprint density at radius 1 is 1.29 bits per heavy atom. The van der Waals surface area contributed by atoms with Gasteiger partial charge < -0.3 is 15.2 Å². The van der Waals surface area contributed by atoms with Crippen LogP contribution in [-0.2, 0) is 0 Å². The largest absolute Gasteiger partial charge is 0.488 e. The molecular formula is C13H20FNO2. The van der Waals surface area contributed by atoms with E-state index in [0.717, 1.165) is 5.56 Å². The molecule has 0 spiro atoms. The molecule has 0 radical (unpaired) electrons. The number of aliphatic hydroxyl groups is 1. The third-order valence-corrected chi connectivity index (χ3v) is 2.86. The van der Waals surface area contributed by atoms with E-state index in [-0.39, 0.29) is 18.0 Å². The first-order valence-electron chi connectivity index (χ1n) is 5.77. The summed E-state index contributed by atoms with van der Waals surface area (Å²) in [4.78, 5) is 0. The predicted molar refractivity (Wildman–Crippen MR) is 65.6 cm³/mol. The van der Waals surface area contributed by atoms with E-state index in [1.165, 1.54) is 12.1 Å². The summed E-state index contributed by atoms with van der Waals surface area (Å²) in [5, 5.41) is 12.5. The van der Waals surface area contributed by atoms with Crippen LogP contribution >= 0.6 is 0 Å². The van der Waals surface area contributed by atoms with Gasteiger partial charge in [-0.25, -0.2) is 4.39 Å². The summed E-state index contributed by atoms with van der Waals surface area (Å²) < 4.78 is 18.8. The van der Waals surface area contributed by atoms with Crippen LogP contribution in [0.5, 0.6) is 5.75 Å². The number of hydrogen-bond acceptors (Lipinski definition) is 3. The fourth-order valence-corrected chi connectivity index (χ4v) is 1.42. The SMILES string of the molecule is CNC(C)c1cc(F)ccc1OC(C)C(C)O. The smallest absolute Gasteiger partial charge is 0.124 e. The van der Waals surface area contributed by atoms with E-state index in [4.69, 9.17) is 4.74 Å². The van der Waals surface area contributed by atoms with E-state index in [2.05, 4.69) is 5.32 Å². The fourth-order valence-electron chi connectivity index (χ4n) is 1.42. The van der Waals surface area contributed by atoms with Crippen molar-refractivity contribution < 1.29 is 14.2 Å². The maximum atomic E-state index is 13.2. The molecule has 0 aliphatic heterocycles. The molecule has 96 valence electrons. The van der Waals surface area contributed by atoms with E-state index in [1.807, 2.05) is 6.92 Å². The van der Waals surface area contributed by atoms with Crippen LogP contribution in [0.15, 0.2) is 18.2 Å². The number of hydrogen-bond donors (Lipinski definition) is 2. The predicted octanol–water partition coefficient (Wildman–Crippen LogP) is 2.25. The molecule has 0 saturated carbocycles. The molecule has 1 rings (SSSR count). The quantitative estimate of drug-likeness (QED) is 0.830. The van der Waals surface area contributed by atoms with Crippen molar-refractivity contribution in [2.24, 2.45) is 0 Å². The minimum atomic E-state index is -0.571. The summed E-state index contributed by atoms with van der Waals surface area (Å²) in [6, 6.07) is 4.39. The molecule has 0 bridgehead atoms. The molecule has 3 unspecified atom stereocenters. The normalized spacial score (nSPS) is 16.4. The van der Waals surface area contributed by atoms with Crippen molar-refractivity contribution in [3.63, 3.8) is 0 Å². The van der Waals surface area contributed by atoms with Crippen LogP contribution in [0.1, 0.15) is 32.4 Å². The van der Waals surface area contributed by atoms with Gasteiger partial charge in [0, 0.05) is 11.6 Å². The van der Waals surface area contributed by atoms with Gasteiger partial charge in [-0.05, 0) is 46.0 Å². The molecule has 2 N–H and O–H groups in total. The molecule has 1 aromatic rings. The Balaban J connectivity index is 2.98. The molecule has 0 aliphatic rings. The third kappa shape index (κ3) is 3.68. The summed E-state index contributed by atoms with van der Waals surface area (Å²) in [7, 11) is 1.80. The lowest BCUT2D eigenvalue weighted by Gasteiger charge is -2.22. The van der Waals surface area contributed by atoms with Crippen LogP contribution < -0.4 is 10.1 Å². The van der Waals surface area contributed by atoms with Gasteiger partial charge in [-0.2, -0.15) is 0 Å². The summed E-state index contributed by atoms with van der Waals surface area (Å²) in [5.74, 6) is 0.306. The van der Waals surface area contributed by atoms with E-state index < -0.39 is 6.10 Å². The van der Waals surface area contributed by atoms with Crippen molar-refractivity contribution in [1.82, 2.24) is 5.32 Å². The second kappa shape index (κ2) is 5.98. The topological polar surface area (TPSA) is 41.5 Å². The second-order valence-electron chi connectivity index (χ2n) is 4.26. The van der Waals surface area contributed by atoms with E-state index in [9.17, 15) is 9.50 Å². The van der Waals surface area contributed by atoms with Gasteiger partial charge in [0.2, 0.25) is 0 Å². The Morgan fingerprint density at radius 3 is 2.47 bits per heavy atom. The highest BCUT2D eigenvalue weighted by atomic mass is 19.1. The van der Waals surface area contributed by atoms with Crippen LogP contribution in [-0.4, -0.2) is 24.4 Å². The summed E-state index contributed by atoms with van der Waals surface area (Å²) in [5.41, 5.74) is 0.750. The van der Waals surface area contributed by atoms with Crippen LogP contribution in [0.4, 0.5) is 4.39 Å². The average molecular weight is 241 g/mol. The van der Waals surface area contributed by atoms with Gasteiger partial charge in [0.15, 0.2) is 0 Å². The average Bonchev–Trinajstić information content (AvgIpc) is 2.30. The molecular weight excluding hydrogens is 221 g/mol. The number of ether oxygens (including phenoxy) is 1. The first kappa shape index (κ1) is 13.9. The molecule has 3 nitrogen and oxygen atoms in total. The molecule has 0 heterocycles. The van der Waals surface area contributed by atoms with Gasteiger partial charge in [-0.15, -0.1) is 0 Å². The van der Waals surface area contributed by atoms with E-state index >= 15 is 0 Å². The summed E-state index contributed by atoms with van der Waals surface area (Å²) >= 11 is 0. The Bertz CT molecular complexity index is 368. The molecule has 4 heteroatoms. The molecule has 0 amide bonds. The van der Waals surface area contributed by atoms with Crippen molar-refractivity contribution in [3.8, 4) is 5.75 Å². The Kier molecular flexibility index (Phi) is 4.90. The standard InChI is InChI=1S/C13H20FNO2/c1-8(15-4)12-7-11(14)5-6-13(12)17-10(3)9(2)16/h5-10,15-16H,1-4H3. The van der Waals surface area contributed by atoms with Crippen molar-refractivity contribution in [2.75, 3.05) is 7.05 Å². The number of benzene rings is 1. The molecule has 0 saturated heterocycles. The monoisotopic (exact) mass is 241 g/mol. The lowest BCUT2D eigenvalue weighted by Crippen LogP contribution is -2.26. The van der Waals surface area contributed by atoms with E-state index in [1.54, 1.807) is 27.0 Å². The lowest BCUT2D eigenvalue weighted by molar-refractivity contribution is 0.0595. The Labute approximate surface area is 102 Å². The van der Waals surface area contributed by atoms with Crippen molar-refractivity contribution in [3.05, 3.63) is 29.6 Å².